The molecule has 0 spiro atoms. The van der Waals surface area contributed by atoms with Gasteiger partial charge < -0.3 is 15.3 Å². The summed E-state index contributed by atoms with van der Waals surface area (Å²) in [5.74, 6) is 0. The molecule has 1 unspecified atom stereocenters. The topological polar surface area (TPSA) is 76.4 Å². The summed E-state index contributed by atoms with van der Waals surface area (Å²) in [6.07, 6.45) is -7.39. The Morgan fingerprint density at radius 1 is 1.55 bits per heavy atom. The second-order valence-electron chi connectivity index (χ2n) is 4.06. The van der Waals surface area contributed by atoms with E-state index in [2.05, 4.69) is 5.32 Å². The van der Waals surface area contributed by atoms with E-state index in [1.807, 2.05) is 6.07 Å². The number of hydrogen-bond acceptors (Lipinski definition) is 3. The summed E-state index contributed by atoms with van der Waals surface area (Å²) in [5, 5.41) is 19.9. The number of halogens is 3. The van der Waals surface area contributed by atoms with Crippen molar-refractivity contribution in [2.24, 2.45) is 0 Å². The number of urea groups is 1. The summed E-state index contributed by atoms with van der Waals surface area (Å²) >= 11 is 0. The number of amides is 2. The van der Waals surface area contributed by atoms with Gasteiger partial charge in [0.2, 0.25) is 0 Å². The molecule has 0 aromatic heterocycles. The van der Waals surface area contributed by atoms with Crippen molar-refractivity contribution in [3.8, 4) is 6.07 Å². The summed E-state index contributed by atoms with van der Waals surface area (Å²) in [7, 11) is 1.12. The van der Waals surface area contributed by atoms with E-state index in [4.69, 9.17) is 10.4 Å². The van der Waals surface area contributed by atoms with Crippen LogP contribution in [0.5, 0.6) is 0 Å². The lowest BCUT2D eigenvalue weighted by Gasteiger charge is -2.22. The molecule has 0 bridgehead atoms. The van der Waals surface area contributed by atoms with Gasteiger partial charge in [0.25, 0.3) is 0 Å². The normalized spacial score (nSPS) is 12.4. The molecule has 0 heterocycles. The summed E-state index contributed by atoms with van der Waals surface area (Å²) in [4.78, 5) is 12.3. The molecule has 1 atom stereocenters. The van der Waals surface area contributed by atoms with Crippen LogP contribution in [0.2, 0.25) is 0 Å². The molecule has 0 aliphatic heterocycles. The van der Waals surface area contributed by atoms with E-state index in [0.29, 0.717) is 10.5 Å². The van der Waals surface area contributed by atoms with Gasteiger partial charge in [-0.1, -0.05) is 6.07 Å². The van der Waals surface area contributed by atoms with E-state index < -0.39 is 24.9 Å². The van der Waals surface area contributed by atoms with Crippen LogP contribution in [-0.2, 0) is 0 Å². The number of rotatable bonds is 3. The van der Waals surface area contributed by atoms with Crippen LogP contribution >= 0.6 is 0 Å². The van der Waals surface area contributed by atoms with E-state index in [1.165, 1.54) is 24.3 Å². The third-order valence-corrected chi connectivity index (χ3v) is 2.41. The Hall–Kier alpha value is -2.27. The lowest BCUT2D eigenvalue weighted by atomic mass is 10.2. The van der Waals surface area contributed by atoms with Crippen LogP contribution in [0, 0.1) is 11.3 Å². The number of likely N-dealkylation sites (N-methyl/N-ethyl adjacent to an activating group) is 1. The second-order valence-corrected chi connectivity index (χ2v) is 4.06. The fourth-order valence-corrected chi connectivity index (χ4v) is 1.33. The first kappa shape index (κ1) is 15.8. The van der Waals surface area contributed by atoms with E-state index in [0.717, 1.165) is 7.05 Å². The Morgan fingerprint density at radius 3 is 2.75 bits per heavy atom. The van der Waals surface area contributed by atoms with Gasteiger partial charge in [0.05, 0.1) is 18.2 Å². The Balaban J connectivity index is 2.64. The van der Waals surface area contributed by atoms with Crippen LogP contribution < -0.4 is 5.32 Å². The molecular formula is C12H12F3N3O2. The summed E-state index contributed by atoms with van der Waals surface area (Å²) in [6, 6.07) is 6.97. The summed E-state index contributed by atoms with van der Waals surface area (Å²) in [5.41, 5.74) is 0.586. The fourth-order valence-electron chi connectivity index (χ4n) is 1.33. The monoisotopic (exact) mass is 287 g/mol. The zero-order valence-corrected chi connectivity index (χ0v) is 10.5. The highest BCUT2D eigenvalue weighted by Crippen LogP contribution is 2.20. The number of aliphatic hydroxyl groups is 1. The molecule has 5 nitrogen and oxygen atoms in total. The van der Waals surface area contributed by atoms with Gasteiger partial charge in [-0.25, -0.2) is 4.79 Å². The predicted octanol–water partition coefficient (Wildman–Crippen LogP) is 1.95. The van der Waals surface area contributed by atoms with Gasteiger partial charge in [-0.05, 0) is 18.2 Å². The molecule has 2 N–H and O–H groups in total. The minimum Gasteiger partial charge on any atom is -0.382 e. The van der Waals surface area contributed by atoms with Gasteiger partial charge >= 0.3 is 12.2 Å². The summed E-state index contributed by atoms with van der Waals surface area (Å²) < 4.78 is 36.5. The maximum absolute atomic E-state index is 12.2. The number of benzene rings is 1. The van der Waals surface area contributed by atoms with Crippen molar-refractivity contribution in [3.05, 3.63) is 29.8 Å². The van der Waals surface area contributed by atoms with Gasteiger partial charge in [-0.3, -0.25) is 0 Å². The van der Waals surface area contributed by atoms with Crippen molar-refractivity contribution >= 4 is 11.7 Å². The second kappa shape index (κ2) is 6.25. The van der Waals surface area contributed by atoms with Crippen molar-refractivity contribution in [2.45, 2.75) is 12.3 Å². The van der Waals surface area contributed by atoms with Gasteiger partial charge in [0.1, 0.15) is 0 Å². The number of aliphatic hydroxyl groups excluding tert-OH is 1. The lowest BCUT2D eigenvalue weighted by molar-refractivity contribution is -0.205. The molecule has 1 rings (SSSR count). The van der Waals surface area contributed by atoms with Crippen molar-refractivity contribution in [3.63, 3.8) is 0 Å². The Kier molecular flexibility index (Phi) is 4.94. The average Bonchev–Trinajstić information content (AvgIpc) is 2.37. The van der Waals surface area contributed by atoms with E-state index in [1.54, 1.807) is 0 Å². The zero-order chi connectivity index (χ0) is 15.3. The van der Waals surface area contributed by atoms with Crippen LogP contribution in [0.3, 0.4) is 0 Å². The van der Waals surface area contributed by atoms with Crippen molar-refractivity contribution < 1.29 is 23.1 Å². The molecule has 1 aromatic carbocycles. The van der Waals surface area contributed by atoms with Crippen LogP contribution in [0.1, 0.15) is 5.56 Å². The highest BCUT2D eigenvalue weighted by molar-refractivity contribution is 5.89. The van der Waals surface area contributed by atoms with Crippen LogP contribution in [0.15, 0.2) is 24.3 Å². The highest BCUT2D eigenvalue weighted by Gasteiger charge is 2.39. The largest absolute Gasteiger partial charge is 0.416 e. The highest BCUT2D eigenvalue weighted by atomic mass is 19.4. The first-order chi connectivity index (χ1) is 9.24. The molecule has 108 valence electrons. The number of hydrogen-bond donors (Lipinski definition) is 2. The molecule has 2 amide bonds. The minimum absolute atomic E-state index is 0.280. The molecule has 0 radical (unpaired) electrons. The molecule has 1 aromatic rings. The standard InChI is InChI=1S/C12H12F3N3O2/c1-18(7-10(19)12(13,14)15)11(20)17-9-4-2-3-8(5-9)6-16/h2-5,10,19H,7H2,1H3,(H,17,20). The van der Waals surface area contributed by atoms with Crippen molar-refractivity contribution in [1.82, 2.24) is 4.90 Å². The molecule has 0 saturated heterocycles. The quantitative estimate of drug-likeness (QED) is 0.892. The fraction of sp³-hybridized carbons (Fsp3) is 0.333. The van der Waals surface area contributed by atoms with Crippen LogP contribution in [-0.4, -0.2) is 41.9 Å². The predicted molar refractivity (Wildman–Crippen MR) is 64.9 cm³/mol. The average molecular weight is 287 g/mol. The van der Waals surface area contributed by atoms with Gasteiger partial charge in [-0.2, -0.15) is 18.4 Å². The Labute approximate surface area is 113 Å². The first-order valence-corrected chi connectivity index (χ1v) is 5.51. The smallest absolute Gasteiger partial charge is 0.382 e. The Morgan fingerprint density at radius 2 is 2.20 bits per heavy atom. The van der Waals surface area contributed by atoms with Gasteiger partial charge in [-0.15, -0.1) is 0 Å². The maximum Gasteiger partial charge on any atom is 0.416 e. The number of nitrogens with zero attached hydrogens (tertiary/aromatic N) is 2. The minimum atomic E-state index is -4.78. The SMILES string of the molecule is CN(CC(O)C(F)(F)F)C(=O)Nc1cccc(C#N)c1. The number of nitrogens with one attached hydrogen (secondary N) is 1. The van der Waals surface area contributed by atoms with Crippen molar-refractivity contribution in [2.75, 3.05) is 18.9 Å². The van der Waals surface area contributed by atoms with E-state index >= 15 is 0 Å². The number of alkyl halides is 3. The van der Waals surface area contributed by atoms with Gasteiger partial charge in [0.15, 0.2) is 6.10 Å². The zero-order valence-electron chi connectivity index (χ0n) is 10.5. The molecule has 8 heteroatoms. The van der Waals surface area contributed by atoms with Gasteiger partial charge in [0, 0.05) is 12.7 Å². The number of nitriles is 1. The van der Waals surface area contributed by atoms with Crippen LogP contribution in [0.25, 0.3) is 0 Å². The number of anilines is 1. The Bertz CT molecular complexity index is 525. The maximum atomic E-state index is 12.2. The molecule has 0 aliphatic rings. The molecule has 20 heavy (non-hydrogen) atoms. The molecule has 0 fully saturated rings. The number of carbonyl (C=O) groups is 1. The first-order valence-electron chi connectivity index (χ1n) is 5.51. The number of carbonyl (C=O) groups excluding carboxylic acids is 1. The van der Waals surface area contributed by atoms with E-state index in [9.17, 15) is 18.0 Å². The van der Waals surface area contributed by atoms with Crippen molar-refractivity contribution in [1.29, 1.82) is 5.26 Å². The molecule has 0 aliphatic carbocycles. The molecular weight excluding hydrogens is 275 g/mol. The summed E-state index contributed by atoms with van der Waals surface area (Å²) in [6.45, 7) is -0.882. The van der Waals surface area contributed by atoms with E-state index in [-0.39, 0.29) is 5.69 Å². The molecule has 0 saturated carbocycles. The third kappa shape index (κ3) is 4.44. The third-order valence-electron chi connectivity index (χ3n) is 2.41. The van der Waals surface area contributed by atoms with Crippen LogP contribution in [0.4, 0.5) is 23.7 Å². The lowest BCUT2D eigenvalue weighted by Crippen LogP contribution is -2.43.